The topological polar surface area (TPSA) is 177 Å². The molecule has 2 aliphatic rings. The van der Waals surface area contributed by atoms with Crippen LogP contribution in [0.2, 0.25) is 0 Å². The smallest absolute Gasteiger partial charge is 0.346 e. The highest BCUT2D eigenvalue weighted by Crippen LogP contribution is 2.32. The average molecular weight is 1150 g/mol. The lowest BCUT2D eigenvalue weighted by atomic mass is 10.0. The number of hydrogen-bond acceptors (Lipinski definition) is 13. The van der Waals surface area contributed by atoms with Crippen molar-refractivity contribution in [2.24, 2.45) is 0 Å². The van der Waals surface area contributed by atoms with Crippen molar-refractivity contribution in [2.45, 2.75) is 51.7 Å². The number of ether oxygens (including phenoxy) is 3. The number of pyridine rings is 2. The van der Waals surface area contributed by atoms with Crippen LogP contribution in [0.4, 0.5) is 26.3 Å². The summed E-state index contributed by atoms with van der Waals surface area (Å²) in [6, 6.07) is 34.1. The van der Waals surface area contributed by atoms with Crippen LogP contribution in [0.15, 0.2) is 133 Å². The minimum atomic E-state index is -0.960. The first-order valence-electron chi connectivity index (χ1n) is 27.1. The summed E-state index contributed by atoms with van der Waals surface area (Å²) in [6.07, 6.45) is 3.09. The van der Waals surface area contributed by atoms with Crippen LogP contribution in [0.3, 0.4) is 0 Å². The van der Waals surface area contributed by atoms with Gasteiger partial charge in [0.25, 0.3) is 0 Å². The standard InChI is InChI=1S/C64H46F6N10O5/c65-47-23-37(33-71)11-13-41(47)35-83-61-9-5-7-53(75-61)45-31-49(67)43(25-51(45)69)29-59-73-55-17-15-39(27-57(55)79(59)77-19-1-2-20-77)63(81)85-64(82)40-16-18-56-58(28-40)80(78-21-3-4-22-78)60(74-56)30-44-26-52(70)46(32-50(44)68)54-8-6-10-62(76-54)84-36-42-14-12-38(34-72)24-48(42)66/h5-18,23-28,31-32H,1-4,19-22,29-30,35-36H2. The van der Waals surface area contributed by atoms with E-state index in [0.717, 1.165) is 62.1 Å². The summed E-state index contributed by atoms with van der Waals surface area (Å²) in [4.78, 5) is 46.1. The molecule has 6 heterocycles. The van der Waals surface area contributed by atoms with E-state index in [1.54, 1.807) is 33.6 Å². The van der Waals surface area contributed by atoms with Crippen molar-refractivity contribution in [1.82, 2.24) is 29.3 Å². The fourth-order valence-corrected chi connectivity index (χ4v) is 10.6. The van der Waals surface area contributed by atoms with Crippen LogP contribution >= 0.6 is 0 Å². The second-order valence-corrected chi connectivity index (χ2v) is 20.4. The average Bonchev–Trinajstić information content (AvgIpc) is 2.48. The summed E-state index contributed by atoms with van der Waals surface area (Å²) in [6.45, 7) is 1.99. The number of esters is 2. The molecule has 4 aromatic heterocycles. The van der Waals surface area contributed by atoms with Crippen LogP contribution < -0.4 is 19.5 Å². The number of aromatic nitrogens is 6. The van der Waals surface area contributed by atoms with E-state index in [-0.39, 0.29) is 105 Å². The maximum Gasteiger partial charge on any atom is 0.346 e. The largest absolute Gasteiger partial charge is 0.473 e. The lowest BCUT2D eigenvalue weighted by Gasteiger charge is -2.23. The molecule has 0 radical (unpaired) electrons. The predicted octanol–water partition coefficient (Wildman–Crippen LogP) is 11.9. The van der Waals surface area contributed by atoms with Crippen LogP contribution in [0, 0.1) is 57.6 Å². The van der Waals surface area contributed by atoms with Gasteiger partial charge in [0.1, 0.15) is 59.8 Å². The number of nitriles is 2. The molecule has 6 aromatic carbocycles. The lowest BCUT2D eigenvalue weighted by Crippen LogP contribution is -2.33. The van der Waals surface area contributed by atoms with E-state index in [9.17, 15) is 18.4 Å². The van der Waals surface area contributed by atoms with E-state index in [0.29, 0.717) is 59.9 Å². The fourth-order valence-electron chi connectivity index (χ4n) is 10.6. The first-order chi connectivity index (χ1) is 41.3. The number of carbonyl (C=O) groups excluding carboxylic acids is 2. The second-order valence-electron chi connectivity index (χ2n) is 20.4. The molecular formula is C64H46F6N10O5. The minimum absolute atomic E-state index is 0.000983. The molecule has 0 N–H and O–H groups in total. The predicted molar refractivity (Wildman–Crippen MR) is 299 cm³/mol. The Kier molecular flexibility index (Phi) is 15.1. The molecule has 12 rings (SSSR count). The Morgan fingerprint density at radius 1 is 0.459 bits per heavy atom. The molecule has 0 amide bonds. The van der Waals surface area contributed by atoms with Gasteiger partial charge in [-0.1, -0.05) is 24.3 Å². The maximum absolute atomic E-state index is 16.1. The van der Waals surface area contributed by atoms with Crippen molar-refractivity contribution >= 4 is 34.0 Å². The third-order valence-corrected chi connectivity index (χ3v) is 14.9. The quantitative estimate of drug-likeness (QED) is 0.0508. The molecule has 2 aliphatic heterocycles. The van der Waals surface area contributed by atoms with Crippen molar-refractivity contribution < 1.29 is 50.1 Å². The molecule has 424 valence electrons. The van der Waals surface area contributed by atoms with E-state index < -0.39 is 46.8 Å². The van der Waals surface area contributed by atoms with E-state index >= 15 is 17.6 Å². The first-order valence-corrected chi connectivity index (χ1v) is 27.1. The Morgan fingerprint density at radius 3 is 1.27 bits per heavy atom. The number of rotatable bonds is 16. The molecule has 2 fully saturated rings. The van der Waals surface area contributed by atoms with Crippen molar-refractivity contribution in [2.75, 3.05) is 36.2 Å². The lowest BCUT2D eigenvalue weighted by molar-refractivity contribution is 0.0397. The SMILES string of the molecule is N#Cc1ccc(COc2cccc(-c3cc(F)c(Cc4nc5ccc(C(=O)OC(=O)c6ccc7nc(Cc8cc(F)c(-c9cccc(OCc%10ccc(C#N)cc%10F)n9)cc8F)n(N8CCCC8)c7c6)cc5n4N4CCCC4)cc3F)n2)c(F)c1. The highest BCUT2D eigenvalue weighted by molar-refractivity contribution is 6.05. The number of nitrogens with zero attached hydrogens (tertiary/aromatic N) is 10. The molecule has 10 aromatic rings. The van der Waals surface area contributed by atoms with Gasteiger partial charge in [0.15, 0.2) is 0 Å². The van der Waals surface area contributed by atoms with Gasteiger partial charge in [-0.05, 0) is 134 Å². The molecule has 0 unspecified atom stereocenters. The van der Waals surface area contributed by atoms with Crippen LogP contribution in [0.5, 0.6) is 11.8 Å². The van der Waals surface area contributed by atoms with Crippen LogP contribution in [0.1, 0.15) is 91.4 Å². The molecular weight excluding hydrogens is 1100 g/mol. The minimum Gasteiger partial charge on any atom is -0.473 e. The van der Waals surface area contributed by atoms with Gasteiger partial charge >= 0.3 is 11.9 Å². The van der Waals surface area contributed by atoms with E-state index in [1.807, 2.05) is 22.2 Å². The highest BCUT2D eigenvalue weighted by Gasteiger charge is 2.27. The van der Waals surface area contributed by atoms with E-state index in [1.165, 1.54) is 72.8 Å². The molecule has 0 saturated carbocycles. The molecule has 15 nitrogen and oxygen atoms in total. The Hall–Kier alpha value is -10.5. The number of carbonyl (C=O) groups is 2. The van der Waals surface area contributed by atoms with E-state index in [4.69, 9.17) is 34.7 Å². The third-order valence-electron chi connectivity index (χ3n) is 14.9. The Bertz CT molecular complexity index is 4110. The van der Waals surface area contributed by atoms with E-state index in [2.05, 4.69) is 9.97 Å². The molecule has 0 spiro atoms. The van der Waals surface area contributed by atoms with Gasteiger partial charge in [0.2, 0.25) is 11.8 Å². The monoisotopic (exact) mass is 1150 g/mol. The molecule has 21 heteroatoms. The van der Waals surface area contributed by atoms with Gasteiger partial charge < -0.3 is 24.2 Å². The number of fused-ring (bicyclic) bond motifs is 2. The molecule has 0 atom stereocenters. The van der Waals surface area contributed by atoms with Gasteiger partial charge in [-0.15, -0.1) is 0 Å². The maximum atomic E-state index is 16.1. The van der Waals surface area contributed by atoms with Crippen LogP contribution in [-0.4, -0.2) is 67.4 Å². The zero-order valence-corrected chi connectivity index (χ0v) is 45.0. The fraction of sp³-hybridized carbons (Fsp3) is 0.188. The molecule has 2 saturated heterocycles. The van der Waals surface area contributed by atoms with Gasteiger partial charge in [-0.3, -0.25) is 0 Å². The summed E-state index contributed by atoms with van der Waals surface area (Å²) >= 11 is 0. The summed E-state index contributed by atoms with van der Waals surface area (Å²) in [5.41, 5.74) is 2.41. The summed E-state index contributed by atoms with van der Waals surface area (Å²) in [5, 5.41) is 22.1. The van der Waals surface area contributed by atoms with Crippen molar-refractivity contribution in [3.63, 3.8) is 0 Å². The normalized spacial score (nSPS) is 13.1. The summed E-state index contributed by atoms with van der Waals surface area (Å²) in [5.74, 6) is -5.38. The highest BCUT2D eigenvalue weighted by atomic mass is 19.1. The molecule has 85 heavy (non-hydrogen) atoms. The number of imidazole rings is 2. The zero-order chi connectivity index (χ0) is 58.9. The van der Waals surface area contributed by atoms with Crippen LogP contribution in [-0.2, 0) is 30.8 Å². The summed E-state index contributed by atoms with van der Waals surface area (Å²) < 4.78 is 114. The third kappa shape index (κ3) is 11.4. The van der Waals surface area contributed by atoms with Crippen molar-refractivity contribution in [3.8, 4) is 46.4 Å². The molecule has 0 aliphatic carbocycles. The van der Waals surface area contributed by atoms with Gasteiger partial charge in [-0.25, -0.2) is 65.2 Å². The first kappa shape index (κ1) is 55.0. The van der Waals surface area contributed by atoms with Crippen molar-refractivity contribution in [3.05, 3.63) is 225 Å². The molecule has 0 bridgehead atoms. The summed E-state index contributed by atoms with van der Waals surface area (Å²) in [7, 11) is 0. The van der Waals surface area contributed by atoms with Crippen molar-refractivity contribution in [1.29, 1.82) is 10.5 Å². The van der Waals surface area contributed by atoms with Gasteiger partial charge in [0, 0.05) is 73.4 Å². The second kappa shape index (κ2) is 23.4. The number of benzene rings is 6. The number of hydrogen-bond donors (Lipinski definition) is 0. The number of halogens is 6. The van der Waals surface area contributed by atoms with Gasteiger partial charge in [0.05, 0.1) is 67.8 Å². The Morgan fingerprint density at radius 2 is 0.871 bits per heavy atom. The zero-order valence-electron chi connectivity index (χ0n) is 45.0. The van der Waals surface area contributed by atoms with Crippen LogP contribution in [0.25, 0.3) is 44.6 Å². The Balaban J connectivity index is 0.758. The Labute approximate surface area is 481 Å². The van der Waals surface area contributed by atoms with Gasteiger partial charge in [-0.2, -0.15) is 10.5 Å².